The third kappa shape index (κ3) is 54.5. The summed E-state index contributed by atoms with van der Waals surface area (Å²) in [6.45, 7) is 6.36. The number of esters is 3. The van der Waals surface area contributed by atoms with E-state index < -0.39 is 6.10 Å². The first-order chi connectivity index (χ1) is 34.5. The molecule has 70 heavy (non-hydrogen) atoms. The van der Waals surface area contributed by atoms with Gasteiger partial charge < -0.3 is 14.2 Å². The molecule has 0 N–H and O–H groups in total. The molecule has 0 rings (SSSR count). The molecule has 0 saturated carbocycles. The van der Waals surface area contributed by atoms with Crippen molar-refractivity contribution >= 4 is 17.9 Å². The molecule has 394 valence electrons. The van der Waals surface area contributed by atoms with Crippen LogP contribution in [0.2, 0.25) is 0 Å². The Balaban J connectivity index is 4.56. The highest BCUT2D eigenvalue weighted by molar-refractivity contribution is 5.71. The van der Waals surface area contributed by atoms with E-state index in [2.05, 4.69) is 142 Å². The molecule has 1 unspecified atom stereocenters. The molecule has 6 heteroatoms. The SMILES string of the molecule is CC/C=C\C/C=C\C/C=C\C/C=C\C/C=C\C/C=C\CCC(=O)OCC(COC(=O)CCCCCCC/C=C\C/C=C\CCCC)OC(=O)CCCCCCCC/C=C\C/C=C\C/C=C\CCCCC. The summed E-state index contributed by atoms with van der Waals surface area (Å²) in [5.41, 5.74) is 0. The third-order valence-electron chi connectivity index (χ3n) is 11.4. The fraction of sp³-hybridized carbons (Fsp3) is 0.609. The molecule has 6 nitrogen and oxygen atoms in total. The summed E-state index contributed by atoms with van der Waals surface area (Å²) in [6.07, 6.45) is 80.1. The van der Waals surface area contributed by atoms with Gasteiger partial charge >= 0.3 is 17.9 Å². The maximum atomic E-state index is 12.9. The summed E-state index contributed by atoms with van der Waals surface area (Å²) in [6, 6.07) is 0. The van der Waals surface area contributed by atoms with Gasteiger partial charge in [0.15, 0.2) is 6.10 Å². The molecule has 0 bridgehead atoms. The Morgan fingerprint density at radius 3 is 1.00 bits per heavy atom. The lowest BCUT2D eigenvalue weighted by Crippen LogP contribution is -2.30. The monoisotopic (exact) mass is 967 g/mol. The van der Waals surface area contributed by atoms with Crippen molar-refractivity contribution in [3.05, 3.63) is 134 Å². The maximum absolute atomic E-state index is 12.9. The zero-order valence-electron chi connectivity index (χ0n) is 45.0. The van der Waals surface area contributed by atoms with Crippen LogP contribution in [0.25, 0.3) is 0 Å². The number of carbonyl (C=O) groups excluding carboxylic acids is 3. The molecule has 0 spiro atoms. The number of unbranched alkanes of at least 4 members (excludes halogenated alkanes) is 16. The summed E-state index contributed by atoms with van der Waals surface area (Å²) < 4.78 is 16.8. The van der Waals surface area contributed by atoms with E-state index in [0.29, 0.717) is 12.8 Å². The van der Waals surface area contributed by atoms with Crippen LogP contribution in [-0.2, 0) is 28.6 Å². The van der Waals surface area contributed by atoms with Crippen molar-refractivity contribution in [3.8, 4) is 0 Å². The first kappa shape index (κ1) is 65.5. The van der Waals surface area contributed by atoms with Crippen LogP contribution < -0.4 is 0 Å². The Morgan fingerprint density at radius 1 is 0.300 bits per heavy atom. The van der Waals surface area contributed by atoms with Crippen molar-refractivity contribution < 1.29 is 28.6 Å². The van der Waals surface area contributed by atoms with E-state index in [1.165, 1.54) is 57.8 Å². The molecule has 0 aromatic carbocycles. The van der Waals surface area contributed by atoms with E-state index in [9.17, 15) is 14.4 Å². The Labute approximate surface area is 430 Å². The van der Waals surface area contributed by atoms with Gasteiger partial charge in [-0.1, -0.05) is 225 Å². The topological polar surface area (TPSA) is 78.9 Å². The molecule has 0 aromatic heterocycles. The highest BCUT2D eigenvalue weighted by atomic mass is 16.6. The predicted molar refractivity (Wildman–Crippen MR) is 302 cm³/mol. The fourth-order valence-corrected chi connectivity index (χ4v) is 7.14. The molecule has 1 atom stereocenters. The zero-order valence-corrected chi connectivity index (χ0v) is 45.0. The van der Waals surface area contributed by atoms with Gasteiger partial charge in [-0.2, -0.15) is 0 Å². The first-order valence-corrected chi connectivity index (χ1v) is 28.2. The Bertz CT molecular complexity index is 1530. The van der Waals surface area contributed by atoms with Crippen LogP contribution in [0.4, 0.5) is 0 Å². The highest BCUT2D eigenvalue weighted by Crippen LogP contribution is 2.13. The van der Waals surface area contributed by atoms with Gasteiger partial charge in [-0.05, 0) is 122 Å². The number of hydrogen-bond donors (Lipinski definition) is 0. The van der Waals surface area contributed by atoms with Gasteiger partial charge in [0.2, 0.25) is 0 Å². The normalized spacial score (nSPS) is 13.1. The molecule has 0 heterocycles. The lowest BCUT2D eigenvalue weighted by atomic mass is 10.1. The quantitative estimate of drug-likeness (QED) is 0.0262. The van der Waals surface area contributed by atoms with Crippen LogP contribution in [0, 0.1) is 0 Å². The minimum Gasteiger partial charge on any atom is -0.462 e. The molecule has 0 radical (unpaired) electrons. The first-order valence-electron chi connectivity index (χ1n) is 28.2. The second-order valence-corrected chi connectivity index (χ2v) is 18.1. The van der Waals surface area contributed by atoms with Gasteiger partial charge in [0, 0.05) is 19.3 Å². The van der Waals surface area contributed by atoms with E-state index in [1.807, 2.05) is 12.2 Å². The molecule has 0 fully saturated rings. The second kappa shape index (κ2) is 57.1. The highest BCUT2D eigenvalue weighted by Gasteiger charge is 2.19. The van der Waals surface area contributed by atoms with Crippen LogP contribution in [0.15, 0.2) is 134 Å². The minimum absolute atomic E-state index is 0.119. The molecular formula is C64H102O6. The number of carbonyl (C=O) groups is 3. The minimum atomic E-state index is -0.827. The van der Waals surface area contributed by atoms with Crippen LogP contribution >= 0.6 is 0 Å². The predicted octanol–water partition coefficient (Wildman–Crippen LogP) is 19.0. The molecule has 0 amide bonds. The van der Waals surface area contributed by atoms with Crippen molar-refractivity contribution in [3.63, 3.8) is 0 Å². The standard InChI is InChI=1S/C64H102O6/c1-4-7-10-13-16-19-22-25-28-30-32-34-36-39-42-45-48-51-54-57-63(66)69-60-61(59-68-62(65)56-53-50-47-44-41-38-27-24-21-18-15-12-9-6-3)70-64(67)58-55-52-49-46-43-40-37-35-33-31-29-26-23-20-17-14-11-8-5-2/h7,10,15-20,24-29,32-35,39,42,48,51,61H,4-6,8-9,11-14,21-23,30-31,36-38,40-41,43-47,49-50,52-60H2,1-3H3/b10-7-,18-15-,19-16-,20-17-,27-24-,28-25-,29-26-,34-32-,35-33-,42-39-,51-48-. The molecule has 0 saturated heterocycles. The third-order valence-corrected chi connectivity index (χ3v) is 11.4. The van der Waals surface area contributed by atoms with Gasteiger partial charge in [-0.25, -0.2) is 0 Å². The van der Waals surface area contributed by atoms with Gasteiger partial charge in [0.05, 0.1) is 0 Å². The Hall–Kier alpha value is -4.45. The smallest absolute Gasteiger partial charge is 0.306 e. The van der Waals surface area contributed by atoms with Crippen molar-refractivity contribution in [1.29, 1.82) is 0 Å². The Morgan fingerprint density at radius 2 is 0.600 bits per heavy atom. The fourth-order valence-electron chi connectivity index (χ4n) is 7.14. The molecule has 0 aromatic rings. The maximum Gasteiger partial charge on any atom is 0.306 e. The summed E-state index contributed by atoms with van der Waals surface area (Å²) in [5.74, 6) is -1.04. The van der Waals surface area contributed by atoms with Crippen molar-refractivity contribution in [2.45, 2.75) is 239 Å². The summed E-state index contributed by atoms with van der Waals surface area (Å²) in [7, 11) is 0. The number of rotatable bonds is 49. The number of allylic oxidation sites excluding steroid dienone is 22. The van der Waals surface area contributed by atoms with E-state index >= 15 is 0 Å². The van der Waals surface area contributed by atoms with E-state index in [0.717, 1.165) is 128 Å². The molecule has 0 aliphatic heterocycles. The lowest BCUT2D eigenvalue weighted by Gasteiger charge is -2.18. The Kier molecular flexibility index (Phi) is 53.5. The van der Waals surface area contributed by atoms with Crippen LogP contribution in [0.5, 0.6) is 0 Å². The average Bonchev–Trinajstić information content (AvgIpc) is 3.36. The van der Waals surface area contributed by atoms with Crippen molar-refractivity contribution in [2.24, 2.45) is 0 Å². The second-order valence-electron chi connectivity index (χ2n) is 18.1. The number of hydrogen-bond acceptors (Lipinski definition) is 6. The van der Waals surface area contributed by atoms with Gasteiger partial charge in [-0.15, -0.1) is 0 Å². The van der Waals surface area contributed by atoms with Gasteiger partial charge in [0.25, 0.3) is 0 Å². The van der Waals surface area contributed by atoms with Crippen molar-refractivity contribution in [1.82, 2.24) is 0 Å². The van der Waals surface area contributed by atoms with Crippen LogP contribution in [0.1, 0.15) is 233 Å². The van der Waals surface area contributed by atoms with Crippen LogP contribution in [0.3, 0.4) is 0 Å². The van der Waals surface area contributed by atoms with Gasteiger partial charge in [-0.3, -0.25) is 14.4 Å². The molecular weight excluding hydrogens is 865 g/mol. The summed E-state index contributed by atoms with van der Waals surface area (Å²) in [5, 5.41) is 0. The summed E-state index contributed by atoms with van der Waals surface area (Å²) in [4.78, 5) is 38.1. The van der Waals surface area contributed by atoms with E-state index in [4.69, 9.17) is 14.2 Å². The largest absolute Gasteiger partial charge is 0.462 e. The molecule has 0 aliphatic rings. The lowest BCUT2D eigenvalue weighted by molar-refractivity contribution is -0.166. The zero-order chi connectivity index (χ0) is 50.7. The van der Waals surface area contributed by atoms with E-state index in [1.54, 1.807) is 0 Å². The van der Waals surface area contributed by atoms with E-state index in [-0.39, 0.29) is 44.0 Å². The average molecular weight is 968 g/mol. The van der Waals surface area contributed by atoms with Gasteiger partial charge in [0.1, 0.15) is 13.2 Å². The van der Waals surface area contributed by atoms with Crippen LogP contribution in [-0.4, -0.2) is 37.2 Å². The summed E-state index contributed by atoms with van der Waals surface area (Å²) >= 11 is 0. The van der Waals surface area contributed by atoms with Crippen molar-refractivity contribution in [2.75, 3.05) is 13.2 Å². The molecule has 0 aliphatic carbocycles. The number of ether oxygens (including phenoxy) is 3.